The number of carbonyl (C=O) groups is 1. The lowest BCUT2D eigenvalue weighted by Crippen LogP contribution is -2.36. The third kappa shape index (κ3) is 5.16. The van der Waals surface area contributed by atoms with Crippen LogP contribution in [0, 0.1) is 0 Å². The predicted octanol–water partition coefficient (Wildman–Crippen LogP) is 4.38. The molecule has 1 aliphatic heterocycles. The molecule has 3 aromatic carbocycles. The summed E-state index contributed by atoms with van der Waals surface area (Å²) < 4.78 is 5.42. The van der Waals surface area contributed by atoms with E-state index in [1.165, 1.54) is 5.69 Å². The highest BCUT2D eigenvalue weighted by atomic mass is 16.5. The van der Waals surface area contributed by atoms with E-state index in [-0.39, 0.29) is 5.91 Å². The number of nitrogens with zero attached hydrogens (tertiary/aromatic N) is 1. The van der Waals surface area contributed by atoms with Gasteiger partial charge in [0.05, 0.1) is 13.2 Å². The Morgan fingerprint density at radius 3 is 2.17 bits per heavy atom. The van der Waals surface area contributed by atoms with Crippen LogP contribution >= 0.6 is 0 Å². The third-order valence-corrected chi connectivity index (χ3v) is 5.21. The Labute approximate surface area is 177 Å². The molecule has 0 aliphatic carbocycles. The van der Waals surface area contributed by atoms with Crippen LogP contribution < -0.4 is 10.2 Å². The van der Waals surface area contributed by atoms with Gasteiger partial charge in [0, 0.05) is 30.9 Å². The summed E-state index contributed by atoms with van der Waals surface area (Å²) in [7, 11) is 0. The van der Waals surface area contributed by atoms with Gasteiger partial charge in [0.2, 0.25) is 0 Å². The lowest BCUT2D eigenvalue weighted by molar-refractivity contribution is -0.115. The van der Waals surface area contributed by atoms with Gasteiger partial charge >= 0.3 is 0 Å². The molecule has 1 heterocycles. The van der Waals surface area contributed by atoms with Crippen LogP contribution in [0.25, 0.3) is 11.6 Å². The average Bonchev–Trinajstić information content (AvgIpc) is 2.83. The van der Waals surface area contributed by atoms with E-state index >= 15 is 0 Å². The molecule has 1 aliphatic rings. The van der Waals surface area contributed by atoms with E-state index in [0.29, 0.717) is 12.1 Å². The van der Waals surface area contributed by atoms with E-state index < -0.39 is 0 Å². The van der Waals surface area contributed by atoms with Crippen LogP contribution in [-0.2, 0) is 16.1 Å². The summed E-state index contributed by atoms with van der Waals surface area (Å²) in [6.45, 7) is 3.87. The standard InChI is InChI=1S/C26H26N2O2/c29-26(25(23-9-5-2-6-10-23)19-21-7-3-1-4-8-21)27-20-22-11-13-24(14-12-22)28-15-17-30-18-16-28/h1-14,19H,15-18,20H2,(H,27,29)/b25-19+. The molecule has 0 saturated carbocycles. The van der Waals surface area contributed by atoms with E-state index in [9.17, 15) is 4.79 Å². The lowest BCUT2D eigenvalue weighted by atomic mass is 10.0. The molecule has 0 bridgehead atoms. The second kappa shape index (κ2) is 9.90. The van der Waals surface area contributed by atoms with Crippen molar-refractivity contribution < 1.29 is 9.53 Å². The Kier molecular flexibility index (Phi) is 6.58. The largest absolute Gasteiger partial charge is 0.378 e. The maximum Gasteiger partial charge on any atom is 0.252 e. The predicted molar refractivity (Wildman–Crippen MR) is 122 cm³/mol. The minimum absolute atomic E-state index is 0.0812. The van der Waals surface area contributed by atoms with Gasteiger partial charge < -0.3 is 15.0 Å². The number of hydrogen-bond acceptors (Lipinski definition) is 3. The number of benzene rings is 3. The molecule has 0 atom stereocenters. The van der Waals surface area contributed by atoms with Gasteiger partial charge in [0.15, 0.2) is 0 Å². The second-order valence-corrected chi connectivity index (χ2v) is 7.28. The van der Waals surface area contributed by atoms with Crippen LogP contribution in [0.4, 0.5) is 5.69 Å². The number of carbonyl (C=O) groups excluding carboxylic acids is 1. The van der Waals surface area contributed by atoms with Gasteiger partial charge in [-0.05, 0) is 34.9 Å². The molecule has 3 aromatic rings. The summed E-state index contributed by atoms with van der Waals surface area (Å²) in [5.74, 6) is -0.0812. The highest BCUT2D eigenvalue weighted by Crippen LogP contribution is 2.20. The molecule has 1 fully saturated rings. The Bertz CT molecular complexity index is 977. The molecule has 30 heavy (non-hydrogen) atoms. The van der Waals surface area contributed by atoms with E-state index in [2.05, 4.69) is 34.5 Å². The maximum atomic E-state index is 13.0. The van der Waals surface area contributed by atoms with Crippen LogP contribution in [0.1, 0.15) is 16.7 Å². The van der Waals surface area contributed by atoms with Crippen LogP contribution in [0.2, 0.25) is 0 Å². The Balaban J connectivity index is 1.46. The number of morpholine rings is 1. The molecule has 0 aromatic heterocycles. The van der Waals surface area contributed by atoms with E-state index in [0.717, 1.165) is 43.0 Å². The van der Waals surface area contributed by atoms with Gasteiger partial charge in [-0.25, -0.2) is 0 Å². The van der Waals surface area contributed by atoms with Crippen molar-refractivity contribution in [3.8, 4) is 0 Å². The van der Waals surface area contributed by atoms with Crippen molar-refractivity contribution in [2.45, 2.75) is 6.54 Å². The summed E-state index contributed by atoms with van der Waals surface area (Å²) >= 11 is 0. The minimum atomic E-state index is -0.0812. The van der Waals surface area contributed by atoms with Crippen molar-refractivity contribution in [1.82, 2.24) is 5.32 Å². The van der Waals surface area contributed by atoms with Crippen molar-refractivity contribution in [1.29, 1.82) is 0 Å². The number of rotatable bonds is 6. The summed E-state index contributed by atoms with van der Waals surface area (Å²) in [4.78, 5) is 15.4. The van der Waals surface area contributed by atoms with Crippen LogP contribution in [-0.4, -0.2) is 32.2 Å². The van der Waals surface area contributed by atoms with Crippen molar-refractivity contribution in [2.24, 2.45) is 0 Å². The maximum absolute atomic E-state index is 13.0. The van der Waals surface area contributed by atoms with Crippen LogP contribution in [0.5, 0.6) is 0 Å². The van der Waals surface area contributed by atoms with Crippen molar-refractivity contribution in [2.75, 3.05) is 31.2 Å². The Morgan fingerprint density at radius 2 is 1.50 bits per heavy atom. The van der Waals surface area contributed by atoms with Crippen LogP contribution in [0.15, 0.2) is 84.9 Å². The molecular formula is C26H26N2O2. The highest BCUT2D eigenvalue weighted by molar-refractivity contribution is 6.24. The molecule has 1 amide bonds. The van der Waals surface area contributed by atoms with E-state index in [1.54, 1.807) is 0 Å². The molecule has 152 valence electrons. The quantitative estimate of drug-likeness (QED) is 0.495. The van der Waals surface area contributed by atoms with Gasteiger partial charge in [-0.15, -0.1) is 0 Å². The fourth-order valence-corrected chi connectivity index (χ4v) is 3.54. The topological polar surface area (TPSA) is 41.6 Å². The fourth-order valence-electron chi connectivity index (χ4n) is 3.54. The summed E-state index contributed by atoms with van der Waals surface area (Å²) in [6.07, 6.45) is 1.94. The first-order valence-electron chi connectivity index (χ1n) is 10.3. The number of nitrogens with one attached hydrogen (secondary N) is 1. The van der Waals surface area contributed by atoms with Crippen molar-refractivity contribution in [3.63, 3.8) is 0 Å². The lowest BCUT2D eigenvalue weighted by Gasteiger charge is -2.28. The normalized spacial score (nSPS) is 14.4. The molecule has 4 heteroatoms. The number of ether oxygens (including phenoxy) is 1. The third-order valence-electron chi connectivity index (χ3n) is 5.21. The zero-order valence-electron chi connectivity index (χ0n) is 17.0. The van der Waals surface area contributed by atoms with E-state index in [1.807, 2.05) is 66.7 Å². The first-order chi connectivity index (χ1) is 14.8. The van der Waals surface area contributed by atoms with Gasteiger partial charge in [0.1, 0.15) is 0 Å². The van der Waals surface area contributed by atoms with Crippen molar-refractivity contribution >= 4 is 23.2 Å². The monoisotopic (exact) mass is 398 g/mol. The van der Waals surface area contributed by atoms with Gasteiger partial charge in [0.25, 0.3) is 5.91 Å². The molecule has 0 radical (unpaired) electrons. The second-order valence-electron chi connectivity index (χ2n) is 7.28. The molecule has 0 unspecified atom stereocenters. The summed E-state index contributed by atoms with van der Waals surface area (Å²) in [5.41, 5.74) is 4.84. The SMILES string of the molecule is O=C(NCc1ccc(N2CCOCC2)cc1)/C(=C/c1ccccc1)c1ccccc1. The number of hydrogen-bond donors (Lipinski definition) is 1. The highest BCUT2D eigenvalue weighted by Gasteiger charge is 2.13. The molecule has 1 N–H and O–H groups in total. The number of anilines is 1. The van der Waals surface area contributed by atoms with Gasteiger partial charge in [-0.2, -0.15) is 0 Å². The smallest absolute Gasteiger partial charge is 0.252 e. The average molecular weight is 399 g/mol. The molecule has 1 saturated heterocycles. The molecule has 4 rings (SSSR count). The molecule has 0 spiro atoms. The van der Waals surface area contributed by atoms with Gasteiger partial charge in [-0.3, -0.25) is 4.79 Å². The first kappa shape index (κ1) is 19.9. The Hall–Kier alpha value is -3.37. The zero-order valence-corrected chi connectivity index (χ0v) is 17.0. The fraction of sp³-hybridized carbons (Fsp3) is 0.192. The van der Waals surface area contributed by atoms with Crippen LogP contribution in [0.3, 0.4) is 0 Å². The summed E-state index contributed by atoms with van der Waals surface area (Å²) in [5, 5.41) is 3.08. The number of amides is 1. The van der Waals surface area contributed by atoms with Crippen molar-refractivity contribution in [3.05, 3.63) is 102 Å². The molecule has 4 nitrogen and oxygen atoms in total. The first-order valence-corrected chi connectivity index (χ1v) is 10.3. The molecular weight excluding hydrogens is 372 g/mol. The van der Waals surface area contributed by atoms with E-state index in [4.69, 9.17) is 4.74 Å². The van der Waals surface area contributed by atoms with Gasteiger partial charge in [-0.1, -0.05) is 72.8 Å². The summed E-state index contributed by atoms with van der Waals surface area (Å²) in [6, 6.07) is 28.1. The Morgan fingerprint density at radius 1 is 0.867 bits per heavy atom. The minimum Gasteiger partial charge on any atom is -0.378 e. The zero-order chi connectivity index (χ0) is 20.6.